The number of rotatable bonds is 5. The fourth-order valence-electron chi connectivity index (χ4n) is 2.91. The van der Waals surface area contributed by atoms with Crippen molar-refractivity contribution in [1.29, 1.82) is 0 Å². The fourth-order valence-corrected chi connectivity index (χ4v) is 4.36. The molecule has 3 rings (SSSR count). The summed E-state index contributed by atoms with van der Waals surface area (Å²) in [5.41, 5.74) is 1.31. The van der Waals surface area contributed by atoms with Crippen LogP contribution >= 0.6 is 11.8 Å². The van der Waals surface area contributed by atoms with Crippen LogP contribution in [0, 0.1) is 0 Å². The van der Waals surface area contributed by atoms with E-state index in [0.717, 1.165) is 17.3 Å². The zero-order valence-electron chi connectivity index (χ0n) is 13.2. The largest absolute Gasteiger partial charge is 0.461 e. The Morgan fingerprint density at radius 1 is 1.12 bits per heavy atom. The van der Waals surface area contributed by atoms with Crippen LogP contribution in [0.15, 0.2) is 60.7 Å². The third kappa shape index (κ3) is 3.73. The smallest absolute Gasteiger partial charge is 0.300 e. The van der Waals surface area contributed by atoms with Gasteiger partial charge in [0, 0.05) is 13.1 Å². The quantitative estimate of drug-likeness (QED) is 0.646. The molecule has 1 aliphatic rings. The summed E-state index contributed by atoms with van der Waals surface area (Å²) in [7, 11) is 0. The molecule has 1 aliphatic heterocycles. The Hall–Kier alpha value is -1.83. The fraction of sp³-hybridized carbons (Fsp3) is 0.278. The lowest BCUT2D eigenvalue weighted by Crippen LogP contribution is -2.49. The lowest BCUT2D eigenvalue weighted by molar-refractivity contribution is -0.258. The van der Waals surface area contributed by atoms with Gasteiger partial charge in [-0.3, -0.25) is 4.79 Å². The maximum Gasteiger partial charge on any atom is 0.461 e. The molecule has 132 valence electrons. The van der Waals surface area contributed by atoms with Gasteiger partial charge in [0.15, 0.2) is 11.2 Å². The third-order valence-corrected chi connectivity index (χ3v) is 5.61. The number of hydrogen-bond donors (Lipinski definition) is 1. The zero-order valence-corrected chi connectivity index (χ0v) is 14.1. The van der Waals surface area contributed by atoms with Crippen LogP contribution in [0.4, 0.5) is 13.2 Å². The van der Waals surface area contributed by atoms with E-state index in [0.29, 0.717) is 23.3 Å². The van der Waals surface area contributed by atoms with Gasteiger partial charge in [0.2, 0.25) is 0 Å². The Morgan fingerprint density at radius 2 is 1.72 bits per heavy atom. The molecule has 2 unspecified atom stereocenters. The van der Waals surface area contributed by atoms with Crippen molar-refractivity contribution < 1.29 is 18.0 Å². The van der Waals surface area contributed by atoms with Gasteiger partial charge >= 0.3 is 6.30 Å². The summed E-state index contributed by atoms with van der Waals surface area (Å²) in [6, 6.07) is 17.5. The molecule has 0 saturated carbocycles. The molecule has 25 heavy (non-hydrogen) atoms. The van der Waals surface area contributed by atoms with Crippen molar-refractivity contribution in [3.63, 3.8) is 0 Å². The van der Waals surface area contributed by atoms with E-state index in [4.69, 9.17) is 0 Å². The average molecular weight is 366 g/mol. The van der Waals surface area contributed by atoms with Crippen LogP contribution in [0.5, 0.6) is 0 Å². The molecule has 2 aromatic rings. The monoisotopic (exact) mass is 366 g/mol. The summed E-state index contributed by atoms with van der Waals surface area (Å²) in [6.45, 7) is 0.141. The average Bonchev–Trinajstić information content (AvgIpc) is 3.02. The van der Waals surface area contributed by atoms with Crippen molar-refractivity contribution in [2.24, 2.45) is 0 Å². The molecule has 1 heterocycles. The summed E-state index contributed by atoms with van der Waals surface area (Å²) in [6.07, 6.45) is -4.21. The Morgan fingerprint density at radius 3 is 2.28 bits per heavy atom. The topological polar surface area (TPSA) is 32.3 Å². The number of hydrogen-bond acceptors (Lipinski definition) is 4. The van der Waals surface area contributed by atoms with Gasteiger partial charge in [0.05, 0.1) is 5.37 Å². The van der Waals surface area contributed by atoms with E-state index in [2.05, 4.69) is 5.32 Å². The van der Waals surface area contributed by atoms with Crippen LogP contribution < -0.4 is 5.32 Å². The zero-order chi connectivity index (χ0) is 17.9. The minimum Gasteiger partial charge on any atom is -0.300 e. The van der Waals surface area contributed by atoms with E-state index in [-0.39, 0.29) is 6.54 Å². The van der Waals surface area contributed by atoms with Crippen LogP contribution in [0.1, 0.15) is 11.1 Å². The molecular formula is C18H17F3N2OS. The standard InChI is InChI=1S/C18H17F3N2OS/c19-18(20,21)23-12-16(22-11-14-7-3-1-4-8-14)25-17(23,13-24)15-9-5-2-6-10-15/h1-10,13,16,22H,11-12H2. The number of benzene rings is 2. The maximum absolute atomic E-state index is 13.6. The molecule has 2 aromatic carbocycles. The molecule has 1 saturated heterocycles. The Balaban J connectivity index is 1.84. The molecule has 7 heteroatoms. The Labute approximate surface area is 148 Å². The van der Waals surface area contributed by atoms with Gasteiger partial charge in [-0.25, -0.2) is 0 Å². The van der Waals surface area contributed by atoms with E-state index in [1.54, 1.807) is 30.3 Å². The normalized spacial score (nSPS) is 24.4. The van der Waals surface area contributed by atoms with Gasteiger partial charge in [-0.05, 0) is 11.1 Å². The maximum atomic E-state index is 13.6. The Bertz CT molecular complexity index is 711. The molecule has 0 radical (unpaired) electrons. The highest BCUT2D eigenvalue weighted by molar-refractivity contribution is 8.01. The Kier molecular flexibility index (Phi) is 5.17. The van der Waals surface area contributed by atoms with Crippen LogP contribution in [-0.2, 0) is 16.2 Å². The van der Waals surface area contributed by atoms with Crippen molar-refractivity contribution in [3.05, 3.63) is 71.8 Å². The van der Waals surface area contributed by atoms with Crippen LogP contribution in [0.3, 0.4) is 0 Å². The lowest BCUT2D eigenvalue weighted by atomic mass is 10.1. The predicted molar refractivity (Wildman–Crippen MR) is 91.6 cm³/mol. The second-order valence-electron chi connectivity index (χ2n) is 5.73. The second kappa shape index (κ2) is 7.19. The SMILES string of the molecule is O=CC1(c2ccccc2)SC(NCc2ccccc2)CN1C(F)(F)F. The van der Waals surface area contributed by atoms with E-state index in [9.17, 15) is 18.0 Å². The van der Waals surface area contributed by atoms with Crippen LogP contribution in [0.25, 0.3) is 0 Å². The predicted octanol–water partition coefficient (Wildman–Crippen LogP) is 3.72. The van der Waals surface area contributed by atoms with Crippen molar-refractivity contribution in [3.8, 4) is 0 Å². The highest BCUT2D eigenvalue weighted by atomic mass is 32.2. The highest BCUT2D eigenvalue weighted by Gasteiger charge is 2.58. The number of nitrogens with one attached hydrogen (secondary N) is 1. The molecular weight excluding hydrogens is 349 g/mol. The summed E-state index contributed by atoms with van der Waals surface area (Å²) in [5.74, 6) is 0. The molecule has 0 amide bonds. The number of aldehydes is 1. The molecule has 1 fully saturated rings. The number of halogens is 3. The van der Waals surface area contributed by atoms with Gasteiger partial charge in [0.1, 0.15) is 0 Å². The molecule has 3 nitrogen and oxygen atoms in total. The van der Waals surface area contributed by atoms with E-state index in [1.165, 1.54) is 0 Å². The summed E-state index contributed by atoms with van der Waals surface area (Å²) < 4.78 is 40.8. The molecule has 0 aromatic heterocycles. The number of alkyl halides is 3. The first-order chi connectivity index (χ1) is 12.0. The third-order valence-electron chi connectivity index (χ3n) is 4.10. The molecule has 1 N–H and O–H groups in total. The van der Waals surface area contributed by atoms with Gasteiger partial charge < -0.3 is 5.32 Å². The lowest BCUT2D eigenvalue weighted by Gasteiger charge is -2.33. The first-order valence-electron chi connectivity index (χ1n) is 7.77. The van der Waals surface area contributed by atoms with Gasteiger partial charge in [-0.2, -0.15) is 18.1 Å². The molecule has 0 aliphatic carbocycles. The number of carbonyl (C=O) groups is 1. The summed E-state index contributed by atoms with van der Waals surface area (Å²) in [4.78, 5) is 10.4. The van der Waals surface area contributed by atoms with Gasteiger partial charge in [-0.1, -0.05) is 60.7 Å². The molecule has 2 atom stereocenters. The van der Waals surface area contributed by atoms with E-state index >= 15 is 0 Å². The van der Waals surface area contributed by atoms with Crippen molar-refractivity contribution in [2.45, 2.75) is 23.1 Å². The highest BCUT2D eigenvalue weighted by Crippen LogP contribution is 2.50. The summed E-state index contributed by atoms with van der Waals surface area (Å²) in [5, 5.41) is 2.60. The minimum atomic E-state index is -4.60. The molecule has 0 spiro atoms. The number of thioether (sulfide) groups is 1. The van der Waals surface area contributed by atoms with Crippen molar-refractivity contribution in [2.75, 3.05) is 6.54 Å². The molecule has 0 bridgehead atoms. The first kappa shape index (κ1) is 18.0. The number of carbonyl (C=O) groups excluding carboxylic acids is 1. The van der Waals surface area contributed by atoms with E-state index < -0.39 is 16.5 Å². The van der Waals surface area contributed by atoms with E-state index in [1.807, 2.05) is 30.3 Å². The van der Waals surface area contributed by atoms with Crippen LogP contribution in [-0.4, -0.2) is 29.4 Å². The first-order valence-corrected chi connectivity index (χ1v) is 8.65. The summed E-state index contributed by atoms with van der Waals surface area (Å²) >= 11 is 0.992. The minimum absolute atomic E-state index is 0.297. The van der Waals surface area contributed by atoms with Crippen LogP contribution in [0.2, 0.25) is 0 Å². The van der Waals surface area contributed by atoms with Crippen molar-refractivity contribution in [1.82, 2.24) is 10.2 Å². The number of nitrogens with zero attached hydrogens (tertiary/aromatic N) is 1. The van der Waals surface area contributed by atoms with Gasteiger partial charge in [0.25, 0.3) is 0 Å². The second-order valence-corrected chi connectivity index (χ2v) is 7.16. The van der Waals surface area contributed by atoms with Gasteiger partial charge in [-0.15, -0.1) is 11.8 Å². The van der Waals surface area contributed by atoms with Crippen molar-refractivity contribution >= 4 is 18.0 Å².